The molecule has 1 aliphatic rings. The molecule has 1 aromatic heterocycles. The van der Waals surface area contributed by atoms with Gasteiger partial charge in [-0.05, 0) is 44.0 Å². The van der Waals surface area contributed by atoms with E-state index in [-0.39, 0.29) is 11.8 Å². The van der Waals surface area contributed by atoms with E-state index in [1.807, 2.05) is 26.0 Å². The van der Waals surface area contributed by atoms with E-state index in [0.29, 0.717) is 41.7 Å². The molecule has 1 saturated heterocycles. The van der Waals surface area contributed by atoms with Crippen LogP contribution in [0.15, 0.2) is 24.3 Å². The average molecular weight is 359 g/mol. The summed E-state index contributed by atoms with van der Waals surface area (Å²) < 4.78 is 5.40. The molecule has 0 unspecified atom stereocenters. The van der Waals surface area contributed by atoms with E-state index in [0.717, 1.165) is 17.9 Å². The molecule has 1 fully saturated rings. The molecular weight excluding hydrogens is 338 g/mol. The second kappa shape index (κ2) is 7.65. The quantitative estimate of drug-likeness (QED) is 0.857. The number of benzene rings is 1. The van der Waals surface area contributed by atoms with Gasteiger partial charge in [0.2, 0.25) is 5.91 Å². The zero-order valence-corrected chi connectivity index (χ0v) is 15.2. The number of aromatic nitrogens is 1. The molecule has 0 bridgehead atoms. The molecule has 6 nitrogen and oxygen atoms in total. The van der Waals surface area contributed by atoms with Crippen molar-refractivity contribution in [2.45, 2.75) is 33.1 Å². The van der Waals surface area contributed by atoms with Gasteiger partial charge >= 0.3 is 0 Å². The minimum atomic E-state index is -0.198. The monoisotopic (exact) mass is 359 g/mol. The summed E-state index contributed by atoms with van der Waals surface area (Å²) in [4.78, 5) is 31.3. The van der Waals surface area contributed by atoms with Crippen molar-refractivity contribution in [3.05, 3.63) is 34.8 Å². The van der Waals surface area contributed by atoms with Crippen molar-refractivity contribution < 1.29 is 14.3 Å². The second-order valence-corrected chi connectivity index (χ2v) is 6.66. The number of ether oxygens (including phenoxy) is 1. The molecule has 3 rings (SSSR count). The summed E-state index contributed by atoms with van der Waals surface area (Å²) in [6.07, 6.45) is 2.03. The number of hydrogen-bond donors (Lipinski definition) is 1. The Morgan fingerprint density at radius 3 is 2.68 bits per heavy atom. The Morgan fingerprint density at radius 2 is 2.08 bits per heavy atom. The Morgan fingerprint density at radius 1 is 1.32 bits per heavy atom. The summed E-state index contributed by atoms with van der Waals surface area (Å²) in [7, 11) is 0. The maximum atomic E-state index is 12.6. The lowest BCUT2D eigenvalue weighted by Crippen LogP contribution is -2.23. The van der Waals surface area contributed by atoms with Crippen molar-refractivity contribution in [3.8, 4) is 5.75 Å². The molecule has 2 heterocycles. The van der Waals surface area contributed by atoms with Crippen LogP contribution in [0.5, 0.6) is 5.75 Å². The zero-order chi connectivity index (χ0) is 17.8. The lowest BCUT2D eigenvalue weighted by molar-refractivity contribution is -0.117. The van der Waals surface area contributed by atoms with Crippen molar-refractivity contribution in [2.75, 3.05) is 23.4 Å². The van der Waals surface area contributed by atoms with E-state index < -0.39 is 0 Å². The van der Waals surface area contributed by atoms with E-state index >= 15 is 0 Å². The highest BCUT2D eigenvalue weighted by Gasteiger charge is 2.27. The number of anilines is 2. The average Bonchev–Trinajstić information content (AvgIpc) is 3.22. The summed E-state index contributed by atoms with van der Waals surface area (Å²) in [5.41, 5.74) is 1.42. The van der Waals surface area contributed by atoms with Crippen LogP contribution >= 0.6 is 11.3 Å². The third-order valence-corrected chi connectivity index (χ3v) is 5.07. The number of thiazole rings is 1. The second-order valence-electron chi connectivity index (χ2n) is 5.69. The molecule has 0 atom stereocenters. The Balaban J connectivity index is 1.77. The smallest absolute Gasteiger partial charge is 0.267 e. The summed E-state index contributed by atoms with van der Waals surface area (Å²) in [5, 5.41) is 3.51. The number of nitrogens with one attached hydrogen (secondary N) is 1. The van der Waals surface area contributed by atoms with Crippen molar-refractivity contribution in [1.82, 2.24) is 4.98 Å². The van der Waals surface area contributed by atoms with E-state index in [1.54, 1.807) is 17.0 Å². The number of hydrogen-bond acceptors (Lipinski definition) is 5. The third kappa shape index (κ3) is 3.82. The molecule has 1 aromatic carbocycles. The molecule has 0 spiro atoms. The fraction of sp³-hybridized carbons (Fsp3) is 0.389. The van der Waals surface area contributed by atoms with Gasteiger partial charge < -0.3 is 10.1 Å². The maximum absolute atomic E-state index is 12.6. The molecule has 132 valence electrons. The fourth-order valence-corrected chi connectivity index (χ4v) is 3.80. The van der Waals surface area contributed by atoms with Gasteiger partial charge in [-0.25, -0.2) is 4.98 Å². The van der Waals surface area contributed by atoms with Gasteiger partial charge in [-0.15, -0.1) is 0 Å². The van der Waals surface area contributed by atoms with Crippen molar-refractivity contribution >= 4 is 34.0 Å². The van der Waals surface area contributed by atoms with Gasteiger partial charge in [0.15, 0.2) is 5.13 Å². The van der Waals surface area contributed by atoms with Crippen LogP contribution in [-0.4, -0.2) is 29.9 Å². The predicted octanol–water partition coefficient (Wildman–Crippen LogP) is 3.48. The van der Waals surface area contributed by atoms with Crippen LogP contribution in [0.25, 0.3) is 0 Å². The van der Waals surface area contributed by atoms with Gasteiger partial charge in [0.25, 0.3) is 5.91 Å². The number of amides is 2. The number of carbonyl (C=O) groups excluding carboxylic acids is 2. The minimum absolute atomic E-state index is 0.0786. The lowest BCUT2D eigenvalue weighted by Gasteiger charge is -2.10. The van der Waals surface area contributed by atoms with E-state index in [1.165, 1.54) is 11.3 Å². The van der Waals surface area contributed by atoms with Gasteiger partial charge in [0, 0.05) is 18.7 Å². The molecule has 0 saturated carbocycles. The van der Waals surface area contributed by atoms with Crippen molar-refractivity contribution in [1.29, 1.82) is 0 Å². The first-order chi connectivity index (χ1) is 12.1. The van der Waals surface area contributed by atoms with Crippen LogP contribution in [0.3, 0.4) is 0 Å². The Bertz CT molecular complexity index is 770. The van der Waals surface area contributed by atoms with Crippen LogP contribution in [0.1, 0.15) is 42.1 Å². The van der Waals surface area contributed by atoms with Crippen LogP contribution in [0.2, 0.25) is 0 Å². The highest BCUT2D eigenvalue weighted by molar-refractivity contribution is 7.18. The first-order valence-electron chi connectivity index (χ1n) is 8.46. The number of nitrogens with zero attached hydrogens (tertiary/aromatic N) is 2. The molecule has 0 radical (unpaired) electrons. The molecule has 7 heteroatoms. The van der Waals surface area contributed by atoms with Crippen LogP contribution < -0.4 is 15.0 Å². The predicted molar refractivity (Wildman–Crippen MR) is 98.6 cm³/mol. The minimum Gasteiger partial charge on any atom is -0.494 e. The summed E-state index contributed by atoms with van der Waals surface area (Å²) in [5.74, 6) is 0.647. The SMILES string of the molecule is CCOc1ccc(NC(=O)c2sc(N3CCCC3=O)nc2CC)cc1. The number of rotatable bonds is 6. The summed E-state index contributed by atoms with van der Waals surface area (Å²) in [6, 6.07) is 7.25. The van der Waals surface area contributed by atoms with Crippen LogP contribution in [0, 0.1) is 0 Å². The largest absolute Gasteiger partial charge is 0.494 e. The maximum Gasteiger partial charge on any atom is 0.267 e. The highest BCUT2D eigenvalue weighted by Crippen LogP contribution is 2.30. The van der Waals surface area contributed by atoms with Crippen molar-refractivity contribution in [3.63, 3.8) is 0 Å². The van der Waals surface area contributed by atoms with Gasteiger partial charge in [-0.3, -0.25) is 14.5 Å². The third-order valence-electron chi connectivity index (χ3n) is 3.95. The Hall–Kier alpha value is -2.41. The van der Waals surface area contributed by atoms with Gasteiger partial charge in [0.1, 0.15) is 10.6 Å². The van der Waals surface area contributed by atoms with E-state index in [9.17, 15) is 9.59 Å². The van der Waals surface area contributed by atoms with E-state index in [2.05, 4.69) is 10.3 Å². The van der Waals surface area contributed by atoms with Crippen molar-refractivity contribution in [2.24, 2.45) is 0 Å². The highest BCUT2D eigenvalue weighted by atomic mass is 32.1. The Kier molecular flexibility index (Phi) is 5.33. The summed E-state index contributed by atoms with van der Waals surface area (Å²) in [6.45, 7) is 5.16. The molecule has 1 aliphatic heterocycles. The number of carbonyl (C=O) groups is 2. The van der Waals surface area contributed by atoms with E-state index in [4.69, 9.17) is 4.74 Å². The van der Waals surface area contributed by atoms with Gasteiger partial charge in [0.05, 0.1) is 12.3 Å². The fourth-order valence-electron chi connectivity index (χ4n) is 2.71. The molecule has 1 N–H and O–H groups in total. The lowest BCUT2D eigenvalue weighted by atomic mass is 10.2. The first-order valence-corrected chi connectivity index (χ1v) is 9.28. The standard InChI is InChI=1S/C18H21N3O3S/c1-3-14-16(25-18(20-14)21-11-5-6-15(21)22)17(23)19-12-7-9-13(10-8-12)24-4-2/h7-10H,3-6,11H2,1-2H3,(H,19,23). The topological polar surface area (TPSA) is 71.5 Å². The molecule has 2 aromatic rings. The normalized spacial score (nSPS) is 14.0. The molecule has 25 heavy (non-hydrogen) atoms. The first kappa shape index (κ1) is 17.4. The van der Waals surface area contributed by atoms with Gasteiger partial charge in [-0.1, -0.05) is 18.3 Å². The summed E-state index contributed by atoms with van der Waals surface area (Å²) >= 11 is 1.28. The van der Waals surface area contributed by atoms with Crippen LogP contribution in [-0.2, 0) is 11.2 Å². The molecule has 2 amide bonds. The molecule has 0 aliphatic carbocycles. The zero-order valence-electron chi connectivity index (χ0n) is 14.4. The van der Waals surface area contributed by atoms with Gasteiger partial charge in [-0.2, -0.15) is 0 Å². The number of aryl methyl sites for hydroxylation is 1. The van der Waals surface area contributed by atoms with Crippen LogP contribution in [0.4, 0.5) is 10.8 Å². The Labute approximate surface area is 150 Å². The molecular formula is C18H21N3O3S.